The summed E-state index contributed by atoms with van der Waals surface area (Å²) in [5.74, 6) is -4.87. The summed E-state index contributed by atoms with van der Waals surface area (Å²) in [6.07, 6.45) is -3.84. The highest BCUT2D eigenvalue weighted by Gasteiger charge is 2.45. The Morgan fingerprint density at radius 1 is 1.16 bits per heavy atom. The molecule has 0 saturated heterocycles. The van der Waals surface area contributed by atoms with Gasteiger partial charge in [-0.25, -0.2) is 13.8 Å². The van der Waals surface area contributed by atoms with Crippen LogP contribution in [0.2, 0.25) is 0 Å². The van der Waals surface area contributed by atoms with Gasteiger partial charge in [-0.2, -0.15) is 8.78 Å². The van der Waals surface area contributed by atoms with Crippen molar-refractivity contribution in [1.29, 1.82) is 0 Å². The SMILES string of the molecule is COc1cc2nc(C(F)(F)C(F)F)[nH]c2cc1OC. The Morgan fingerprint density at radius 2 is 1.74 bits per heavy atom. The maximum absolute atomic E-state index is 13.2. The van der Waals surface area contributed by atoms with E-state index in [0.29, 0.717) is 0 Å². The summed E-state index contributed by atoms with van der Waals surface area (Å²) >= 11 is 0. The van der Waals surface area contributed by atoms with Crippen LogP contribution in [0, 0.1) is 0 Å². The molecule has 19 heavy (non-hydrogen) atoms. The van der Waals surface area contributed by atoms with Crippen molar-refractivity contribution in [2.24, 2.45) is 0 Å². The van der Waals surface area contributed by atoms with E-state index in [1.54, 1.807) is 0 Å². The average Bonchev–Trinajstić information content (AvgIpc) is 2.79. The van der Waals surface area contributed by atoms with E-state index in [2.05, 4.69) is 9.97 Å². The highest BCUT2D eigenvalue weighted by atomic mass is 19.3. The van der Waals surface area contributed by atoms with Crippen LogP contribution in [0.15, 0.2) is 12.1 Å². The molecule has 0 aliphatic carbocycles. The molecule has 1 heterocycles. The number of alkyl halides is 4. The van der Waals surface area contributed by atoms with Crippen LogP contribution >= 0.6 is 0 Å². The first kappa shape index (κ1) is 13.4. The molecule has 0 bridgehead atoms. The Kier molecular flexibility index (Phi) is 3.25. The van der Waals surface area contributed by atoms with Crippen LogP contribution in [0.4, 0.5) is 17.6 Å². The predicted molar refractivity (Wildman–Crippen MR) is 59.1 cm³/mol. The van der Waals surface area contributed by atoms with E-state index < -0.39 is 18.2 Å². The van der Waals surface area contributed by atoms with Crippen molar-refractivity contribution in [3.8, 4) is 11.5 Å². The topological polar surface area (TPSA) is 47.1 Å². The molecule has 0 fully saturated rings. The summed E-state index contributed by atoms with van der Waals surface area (Å²) in [5, 5.41) is 0. The molecule has 0 amide bonds. The molecule has 0 radical (unpaired) electrons. The van der Waals surface area contributed by atoms with Crippen molar-refractivity contribution in [2.75, 3.05) is 14.2 Å². The number of hydrogen-bond acceptors (Lipinski definition) is 3. The molecule has 0 atom stereocenters. The van der Waals surface area contributed by atoms with Crippen LogP contribution in [0.5, 0.6) is 11.5 Å². The Bertz CT molecular complexity index is 557. The maximum Gasteiger partial charge on any atom is 0.363 e. The summed E-state index contributed by atoms with van der Waals surface area (Å²) in [6, 6.07) is 2.68. The lowest BCUT2D eigenvalue weighted by atomic mass is 10.3. The van der Waals surface area contributed by atoms with Crippen LogP contribution in [0.3, 0.4) is 0 Å². The summed E-state index contributed by atoms with van der Waals surface area (Å²) < 4.78 is 60.8. The number of hydrogen-bond donors (Lipinski definition) is 1. The first-order chi connectivity index (χ1) is 8.90. The molecule has 8 heteroatoms. The minimum absolute atomic E-state index is 0.0907. The number of rotatable bonds is 4. The zero-order chi connectivity index (χ0) is 14.2. The quantitative estimate of drug-likeness (QED) is 0.875. The van der Waals surface area contributed by atoms with Crippen LogP contribution < -0.4 is 9.47 Å². The molecule has 0 unspecified atom stereocenters. The Balaban J connectivity index is 2.58. The summed E-state index contributed by atoms with van der Waals surface area (Å²) in [6.45, 7) is 0. The molecule has 0 saturated carbocycles. The van der Waals surface area contributed by atoms with Gasteiger partial charge in [0, 0.05) is 12.1 Å². The van der Waals surface area contributed by atoms with Gasteiger partial charge in [-0.05, 0) is 0 Å². The highest BCUT2D eigenvalue weighted by molar-refractivity contribution is 5.79. The Labute approximate surface area is 105 Å². The molecular formula is C11H10F4N2O2. The molecule has 1 aromatic carbocycles. The highest BCUT2D eigenvalue weighted by Crippen LogP contribution is 2.36. The molecule has 4 nitrogen and oxygen atoms in total. The zero-order valence-corrected chi connectivity index (χ0v) is 10.0. The van der Waals surface area contributed by atoms with Gasteiger partial charge in [-0.3, -0.25) is 0 Å². The number of nitrogens with zero attached hydrogens (tertiary/aromatic N) is 1. The van der Waals surface area contributed by atoms with Crippen LogP contribution in [0.1, 0.15) is 5.82 Å². The van der Waals surface area contributed by atoms with Crippen molar-refractivity contribution in [2.45, 2.75) is 12.3 Å². The van der Waals surface area contributed by atoms with Crippen LogP contribution in [0.25, 0.3) is 11.0 Å². The van der Waals surface area contributed by atoms with Gasteiger partial charge in [-0.15, -0.1) is 0 Å². The van der Waals surface area contributed by atoms with E-state index in [1.807, 2.05) is 0 Å². The monoisotopic (exact) mass is 278 g/mol. The van der Waals surface area contributed by atoms with Gasteiger partial charge in [0.2, 0.25) is 0 Å². The third kappa shape index (κ3) is 2.18. The van der Waals surface area contributed by atoms with Crippen LogP contribution in [-0.2, 0) is 5.92 Å². The average molecular weight is 278 g/mol. The van der Waals surface area contributed by atoms with Gasteiger partial charge in [0.25, 0.3) is 0 Å². The van der Waals surface area contributed by atoms with E-state index in [-0.39, 0.29) is 22.5 Å². The fourth-order valence-corrected chi connectivity index (χ4v) is 1.60. The normalized spacial score (nSPS) is 12.2. The first-order valence-corrected chi connectivity index (χ1v) is 5.18. The number of imidazole rings is 1. The molecule has 0 aliphatic rings. The third-order valence-corrected chi connectivity index (χ3v) is 2.58. The van der Waals surface area contributed by atoms with Gasteiger partial charge >= 0.3 is 12.3 Å². The molecule has 2 rings (SSSR count). The van der Waals surface area contributed by atoms with Gasteiger partial charge in [0.05, 0.1) is 25.3 Å². The van der Waals surface area contributed by atoms with Crippen molar-refractivity contribution >= 4 is 11.0 Å². The summed E-state index contributed by atoms with van der Waals surface area (Å²) in [4.78, 5) is 5.64. The third-order valence-electron chi connectivity index (χ3n) is 2.58. The molecule has 104 valence electrons. The number of nitrogens with one attached hydrogen (secondary N) is 1. The maximum atomic E-state index is 13.2. The van der Waals surface area contributed by atoms with E-state index >= 15 is 0 Å². The zero-order valence-electron chi connectivity index (χ0n) is 10.0. The minimum atomic E-state index is -4.33. The Hall–Kier alpha value is -1.99. The second-order valence-electron chi connectivity index (χ2n) is 3.73. The number of aromatic nitrogens is 2. The number of H-pyrrole nitrogens is 1. The second-order valence-corrected chi connectivity index (χ2v) is 3.73. The molecule has 0 aliphatic heterocycles. The fraction of sp³-hybridized carbons (Fsp3) is 0.364. The standard InChI is InChI=1S/C11H10F4N2O2/c1-18-7-3-5-6(4-8(7)19-2)17-10(16-5)11(14,15)9(12)13/h3-4,9H,1-2H3,(H,16,17). The number of ether oxygens (including phenoxy) is 2. The predicted octanol–water partition coefficient (Wildman–Crippen LogP) is 2.94. The fourth-order valence-electron chi connectivity index (χ4n) is 1.60. The number of aromatic amines is 1. The van der Waals surface area contributed by atoms with Crippen molar-refractivity contribution in [3.05, 3.63) is 18.0 Å². The number of benzene rings is 1. The van der Waals surface area contributed by atoms with Gasteiger partial charge < -0.3 is 14.5 Å². The van der Waals surface area contributed by atoms with E-state index in [1.165, 1.54) is 26.4 Å². The number of halogens is 4. The summed E-state index contributed by atoms with van der Waals surface area (Å²) in [7, 11) is 2.74. The molecule has 0 spiro atoms. The summed E-state index contributed by atoms with van der Waals surface area (Å²) in [5.41, 5.74) is 0.251. The van der Waals surface area contributed by atoms with E-state index in [9.17, 15) is 17.6 Å². The van der Waals surface area contributed by atoms with Crippen molar-refractivity contribution in [3.63, 3.8) is 0 Å². The number of fused-ring (bicyclic) bond motifs is 1. The lowest BCUT2D eigenvalue weighted by molar-refractivity contribution is -0.140. The Morgan fingerprint density at radius 3 is 2.26 bits per heavy atom. The molecule has 1 aromatic heterocycles. The molecule has 1 N–H and O–H groups in total. The minimum Gasteiger partial charge on any atom is -0.493 e. The van der Waals surface area contributed by atoms with E-state index in [0.717, 1.165) is 0 Å². The van der Waals surface area contributed by atoms with Gasteiger partial charge in [0.15, 0.2) is 17.3 Å². The van der Waals surface area contributed by atoms with Gasteiger partial charge in [-0.1, -0.05) is 0 Å². The van der Waals surface area contributed by atoms with E-state index in [4.69, 9.17) is 9.47 Å². The van der Waals surface area contributed by atoms with Crippen molar-refractivity contribution in [1.82, 2.24) is 9.97 Å². The largest absolute Gasteiger partial charge is 0.493 e. The number of methoxy groups -OCH3 is 2. The van der Waals surface area contributed by atoms with Crippen LogP contribution in [-0.4, -0.2) is 30.6 Å². The lowest BCUT2D eigenvalue weighted by Crippen LogP contribution is -2.25. The van der Waals surface area contributed by atoms with Crippen molar-refractivity contribution < 1.29 is 27.0 Å². The molecule has 2 aromatic rings. The molecular weight excluding hydrogens is 268 g/mol. The van der Waals surface area contributed by atoms with Gasteiger partial charge in [0.1, 0.15) is 0 Å². The second kappa shape index (κ2) is 4.60. The lowest BCUT2D eigenvalue weighted by Gasteiger charge is -2.11. The smallest absolute Gasteiger partial charge is 0.363 e. The first-order valence-electron chi connectivity index (χ1n) is 5.18.